The van der Waals surface area contributed by atoms with Gasteiger partial charge in [0.1, 0.15) is 0 Å². The lowest BCUT2D eigenvalue weighted by atomic mass is 9.88. The van der Waals surface area contributed by atoms with E-state index in [0.717, 1.165) is 15.8 Å². The molecule has 0 saturated heterocycles. The van der Waals surface area contributed by atoms with Crippen LogP contribution in [0.2, 0.25) is 0 Å². The van der Waals surface area contributed by atoms with Gasteiger partial charge in [0.2, 0.25) is 5.91 Å². The first kappa shape index (κ1) is 27.8. The molecule has 1 heterocycles. The molecule has 190 valence electrons. The number of amides is 1. The molecule has 0 aliphatic rings. The predicted octanol–water partition coefficient (Wildman–Crippen LogP) is 5.24. The Labute approximate surface area is 222 Å². The molecular weight excluding hydrogens is 514 g/mol. The zero-order valence-corrected chi connectivity index (χ0v) is 22.9. The number of rotatable bonds is 9. The first-order valence-corrected chi connectivity index (χ1v) is 14.1. The van der Waals surface area contributed by atoms with Crippen LogP contribution in [0.4, 0.5) is 5.13 Å². The second kappa shape index (κ2) is 12.0. The topological polar surface area (TPSA) is 70.6 Å². The highest BCUT2D eigenvalue weighted by Crippen LogP contribution is 2.33. The number of likely N-dealkylation sites (N-methyl/N-ethyl adjacent to an activating group) is 1. The zero-order valence-electron chi connectivity index (χ0n) is 20.5. The van der Waals surface area contributed by atoms with E-state index in [9.17, 15) is 13.2 Å². The smallest absolute Gasteiger partial charge is 0.229 e. The van der Waals surface area contributed by atoms with Gasteiger partial charge < -0.3 is 4.90 Å². The minimum atomic E-state index is -3.33. The van der Waals surface area contributed by atoms with Crippen molar-refractivity contribution in [2.24, 2.45) is 0 Å². The quantitative estimate of drug-likeness (QED) is 0.289. The molecule has 1 amide bonds. The molecule has 0 saturated carbocycles. The van der Waals surface area contributed by atoms with Crippen molar-refractivity contribution in [3.05, 3.63) is 90.0 Å². The van der Waals surface area contributed by atoms with Crippen LogP contribution < -0.4 is 4.90 Å². The number of carbonyl (C=O) groups is 1. The third-order valence-electron chi connectivity index (χ3n) is 5.86. The summed E-state index contributed by atoms with van der Waals surface area (Å²) in [7, 11) is 0.608. The molecule has 1 aromatic heterocycles. The second-order valence-electron chi connectivity index (χ2n) is 8.82. The molecule has 0 aliphatic carbocycles. The average molecular weight is 544 g/mol. The van der Waals surface area contributed by atoms with Crippen molar-refractivity contribution in [2.45, 2.75) is 17.2 Å². The summed E-state index contributed by atoms with van der Waals surface area (Å²) in [6.07, 6.45) is 1.49. The highest BCUT2D eigenvalue weighted by atomic mass is 35.5. The van der Waals surface area contributed by atoms with Crippen molar-refractivity contribution in [1.29, 1.82) is 0 Å². The Bertz CT molecular complexity index is 1370. The number of hydrogen-bond acceptors (Lipinski definition) is 6. The molecule has 3 aromatic carbocycles. The van der Waals surface area contributed by atoms with Gasteiger partial charge >= 0.3 is 0 Å². The Morgan fingerprint density at radius 2 is 1.50 bits per heavy atom. The van der Waals surface area contributed by atoms with Crippen molar-refractivity contribution in [3.63, 3.8) is 0 Å². The summed E-state index contributed by atoms with van der Waals surface area (Å²) in [5.41, 5.74) is 2.85. The van der Waals surface area contributed by atoms with E-state index in [0.29, 0.717) is 30.2 Å². The van der Waals surface area contributed by atoms with Crippen LogP contribution in [-0.4, -0.2) is 57.6 Å². The largest absolute Gasteiger partial charge is 0.308 e. The van der Waals surface area contributed by atoms with E-state index in [-0.39, 0.29) is 29.1 Å². The number of fused-ring (bicyclic) bond motifs is 1. The summed E-state index contributed by atoms with van der Waals surface area (Å²) in [5.74, 6) is -0.107. The van der Waals surface area contributed by atoms with Gasteiger partial charge in [0.15, 0.2) is 15.0 Å². The van der Waals surface area contributed by atoms with E-state index in [4.69, 9.17) is 4.98 Å². The van der Waals surface area contributed by atoms with Gasteiger partial charge in [-0.2, -0.15) is 0 Å². The Balaban J connectivity index is 0.00000361. The molecule has 0 N–H and O–H groups in total. The molecule has 0 fully saturated rings. The van der Waals surface area contributed by atoms with Crippen LogP contribution in [0.15, 0.2) is 83.8 Å². The third kappa shape index (κ3) is 6.70. The molecule has 0 unspecified atom stereocenters. The standard InChI is InChI=1S/C27H29N3O3S2.ClH/c1-29(2)16-17-30(27-28-24-15-14-22(35(3,32)33)18-25(24)34-27)26(31)19-23(20-10-6-4-7-11-20)21-12-8-5-9-13-21;/h4-15,18,23H,16-17,19H2,1-3H3;1H. The maximum Gasteiger partial charge on any atom is 0.229 e. The van der Waals surface area contributed by atoms with Gasteiger partial charge in [-0.25, -0.2) is 13.4 Å². The molecule has 0 bridgehead atoms. The molecule has 0 radical (unpaired) electrons. The molecule has 4 rings (SSSR count). The van der Waals surface area contributed by atoms with Gasteiger partial charge in [0.05, 0.1) is 15.1 Å². The maximum absolute atomic E-state index is 13.8. The summed E-state index contributed by atoms with van der Waals surface area (Å²) in [6, 6.07) is 25.0. The molecule has 0 aliphatic heterocycles. The summed E-state index contributed by atoms with van der Waals surface area (Å²) in [4.78, 5) is 22.5. The fraction of sp³-hybridized carbons (Fsp3) is 0.259. The highest BCUT2D eigenvalue weighted by molar-refractivity contribution is 7.90. The first-order chi connectivity index (χ1) is 16.7. The van der Waals surface area contributed by atoms with Crippen molar-refractivity contribution < 1.29 is 13.2 Å². The Hall–Kier alpha value is -2.78. The normalized spacial score (nSPS) is 11.6. The van der Waals surface area contributed by atoms with Crippen molar-refractivity contribution in [1.82, 2.24) is 9.88 Å². The van der Waals surface area contributed by atoms with Crippen LogP contribution in [0.1, 0.15) is 23.5 Å². The number of thiazole rings is 1. The number of sulfone groups is 1. The Kier molecular flexibility index (Phi) is 9.24. The van der Waals surface area contributed by atoms with E-state index in [1.165, 1.54) is 17.6 Å². The fourth-order valence-electron chi connectivity index (χ4n) is 3.95. The van der Waals surface area contributed by atoms with Gasteiger partial charge in [-0.15, -0.1) is 12.4 Å². The molecule has 0 spiro atoms. The number of nitrogens with zero attached hydrogens (tertiary/aromatic N) is 3. The monoisotopic (exact) mass is 543 g/mol. The van der Waals surface area contributed by atoms with Crippen LogP contribution in [0, 0.1) is 0 Å². The number of benzene rings is 3. The van der Waals surface area contributed by atoms with Crippen LogP contribution >= 0.6 is 23.7 Å². The number of carbonyl (C=O) groups excluding carboxylic acids is 1. The van der Waals surface area contributed by atoms with Crippen LogP contribution in [0.5, 0.6) is 0 Å². The van der Waals surface area contributed by atoms with Gasteiger partial charge in [-0.05, 0) is 43.4 Å². The van der Waals surface area contributed by atoms with Gasteiger partial charge in [0.25, 0.3) is 0 Å². The maximum atomic E-state index is 13.8. The number of anilines is 1. The molecular formula is C27H30ClN3O3S2. The van der Waals surface area contributed by atoms with Gasteiger partial charge in [-0.1, -0.05) is 72.0 Å². The number of hydrogen-bond donors (Lipinski definition) is 0. The molecule has 6 nitrogen and oxygen atoms in total. The van der Waals surface area contributed by atoms with E-state index in [1.807, 2.05) is 55.4 Å². The van der Waals surface area contributed by atoms with Crippen LogP contribution in [0.25, 0.3) is 10.2 Å². The van der Waals surface area contributed by atoms with E-state index < -0.39 is 9.84 Å². The third-order valence-corrected chi connectivity index (χ3v) is 8.01. The summed E-state index contributed by atoms with van der Waals surface area (Å²) in [6.45, 7) is 1.17. The highest BCUT2D eigenvalue weighted by Gasteiger charge is 2.25. The van der Waals surface area contributed by atoms with Crippen LogP contribution in [-0.2, 0) is 14.6 Å². The predicted molar refractivity (Wildman–Crippen MR) is 150 cm³/mol. The van der Waals surface area contributed by atoms with Crippen molar-refractivity contribution in [2.75, 3.05) is 38.3 Å². The van der Waals surface area contributed by atoms with Gasteiger partial charge in [0, 0.05) is 31.7 Å². The van der Waals surface area contributed by atoms with Crippen molar-refractivity contribution >= 4 is 54.8 Å². The minimum absolute atomic E-state index is 0. The molecule has 36 heavy (non-hydrogen) atoms. The summed E-state index contributed by atoms with van der Waals surface area (Å²) < 4.78 is 24.8. The molecule has 0 atom stereocenters. The lowest BCUT2D eigenvalue weighted by Crippen LogP contribution is -2.37. The van der Waals surface area contributed by atoms with E-state index in [2.05, 4.69) is 24.3 Å². The zero-order chi connectivity index (χ0) is 25.0. The SMILES string of the molecule is CN(C)CCN(C(=O)CC(c1ccccc1)c1ccccc1)c1nc2ccc(S(C)(=O)=O)cc2s1.Cl. The number of halogens is 1. The minimum Gasteiger partial charge on any atom is -0.308 e. The average Bonchev–Trinajstić information content (AvgIpc) is 3.26. The van der Waals surface area contributed by atoms with E-state index in [1.54, 1.807) is 23.1 Å². The first-order valence-electron chi connectivity index (χ1n) is 11.4. The Morgan fingerprint density at radius 3 is 2.03 bits per heavy atom. The van der Waals surface area contributed by atoms with Crippen molar-refractivity contribution in [3.8, 4) is 0 Å². The molecule has 9 heteroatoms. The van der Waals surface area contributed by atoms with Gasteiger partial charge in [-0.3, -0.25) is 9.69 Å². The second-order valence-corrected chi connectivity index (χ2v) is 11.8. The number of aromatic nitrogens is 1. The van der Waals surface area contributed by atoms with Crippen LogP contribution in [0.3, 0.4) is 0 Å². The molecule has 4 aromatic rings. The Morgan fingerprint density at radius 1 is 0.917 bits per heavy atom. The summed E-state index contributed by atoms with van der Waals surface area (Å²) >= 11 is 1.35. The van der Waals surface area contributed by atoms with E-state index >= 15 is 0 Å². The lowest BCUT2D eigenvalue weighted by Gasteiger charge is -2.25. The summed E-state index contributed by atoms with van der Waals surface area (Å²) in [5, 5.41) is 0.581. The lowest BCUT2D eigenvalue weighted by molar-refractivity contribution is -0.118. The fourth-order valence-corrected chi connectivity index (χ4v) is 5.72.